The highest BCUT2D eigenvalue weighted by atomic mass is 32.2. The molecule has 0 spiro atoms. The van der Waals surface area contributed by atoms with Crippen molar-refractivity contribution >= 4 is 29.2 Å². The lowest BCUT2D eigenvalue weighted by Crippen LogP contribution is -2.07. The maximum absolute atomic E-state index is 3.94. The highest BCUT2D eigenvalue weighted by Crippen LogP contribution is 2.43. The number of allylic oxidation sites excluding steroid dienone is 2. The van der Waals surface area contributed by atoms with Crippen molar-refractivity contribution in [2.45, 2.75) is 39.0 Å². The van der Waals surface area contributed by atoms with Crippen LogP contribution >= 0.6 is 23.5 Å². The molecule has 2 aliphatic heterocycles. The van der Waals surface area contributed by atoms with Gasteiger partial charge in [-0.25, -0.2) is 0 Å². The highest BCUT2D eigenvalue weighted by Gasteiger charge is 2.18. The smallest absolute Gasteiger partial charge is 0.0725 e. The molecule has 0 atom stereocenters. The van der Waals surface area contributed by atoms with E-state index in [9.17, 15) is 0 Å². The summed E-state index contributed by atoms with van der Waals surface area (Å²) >= 11 is 3.43. The van der Waals surface area contributed by atoms with Gasteiger partial charge in [0.2, 0.25) is 0 Å². The van der Waals surface area contributed by atoms with E-state index < -0.39 is 0 Å². The van der Waals surface area contributed by atoms with Crippen LogP contribution in [0.1, 0.15) is 34.1 Å². The Balaban J connectivity index is 0.000000218. The van der Waals surface area contributed by atoms with E-state index in [4.69, 9.17) is 0 Å². The summed E-state index contributed by atoms with van der Waals surface area (Å²) in [5.41, 5.74) is 2.48. The summed E-state index contributed by atoms with van der Waals surface area (Å²) in [7, 11) is 2.04. The van der Waals surface area contributed by atoms with Crippen LogP contribution in [0.25, 0.3) is 0 Å². The minimum Gasteiger partial charge on any atom is -0.350 e. The standard InChI is InChI=1S/C9H9NS.C9H13NS.C2H6/c1-7-10(2)8-5-3-4-6-9(8)11-7;1-4-6-8-9(5-2)11-7(3)10-8;1-2/h3-6H,1H2,2H3;5-6,10H,3-4H2,1-2H3;1-2H3/b;8-6+,9-5+;. The van der Waals surface area contributed by atoms with Gasteiger partial charge in [-0.05, 0) is 25.5 Å². The molecule has 2 heterocycles. The molecule has 1 fully saturated rings. The summed E-state index contributed by atoms with van der Waals surface area (Å²) in [5, 5.41) is 5.35. The molecule has 1 N–H and O–H groups in total. The average molecular weight is 361 g/mol. The largest absolute Gasteiger partial charge is 0.350 e. The van der Waals surface area contributed by atoms with E-state index in [2.05, 4.69) is 66.7 Å². The Kier molecular flexibility index (Phi) is 8.87. The van der Waals surface area contributed by atoms with Gasteiger partial charge in [-0.15, -0.1) is 0 Å². The maximum Gasteiger partial charge on any atom is 0.0725 e. The van der Waals surface area contributed by atoms with E-state index in [-0.39, 0.29) is 0 Å². The second-order valence-corrected chi connectivity index (χ2v) is 7.10. The van der Waals surface area contributed by atoms with Crippen molar-refractivity contribution < 1.29 is 0 Å². The summed E-state index contributed by atoms with van der Waals surface area (Å²) in [6.45, 7) is 16.0. The first kappa shape index (κ1) is 20.5. The quantitative estimate of drug-likeness (QED) is 0.598. The fourth-order valence-corrected chi connectivity index (χ4v) is 3.88. The first-order valence-corrected chi connectivity index (χ1v) is 9.90. The molecular formula is C20H28N2S2. The third-order valence-corrected chi connectivity index (χ3v) is 5.37. The molecule has 1 aromatic rings. The maximum atomic E-state index is 3.94. The zero-order chi connectivity index (χ0) is 18.1. The molecule has 0 saturated carbocycles. The molecule has 130 valence electrons. The minimum atomic E-state index is 1.03. The topological polar surface area (TPSA) is 15.3 Å². The molecule has 3 rings (SSSR count). The van der Waals surface area contributed by atoms with Gasteiger partial charge in [-0.1, -0.05) is 81.7 Å². The van der Waals surface area contributed by atoms with E-state index in [1.165, 1.54) is 21.2 Å². The molecule has 0 aromatic heterocycles. The van der Waals surface area contributed by atoms with Crippen LogP contribution in [-0.2, 0) is 0 Å². The third-order valence-electron chi connectivity index (χ3n) is 3.27. The second kappa shape index (κ2) is 10.4. The van der Waals surface area contributed by atoms with Crippen molar-refractivity contribution in [3.8, 4) is 0 Å². The van der Waals surface area contributed by atoms with E-state index in [1.54, 1.807) is 23.5 Å². The number of para-hydroxylation sites is 1. The molecule has 4 heteroatoms. The minimum absolute atomic E-state index is 1.03. The molecule has 0 radical (unpaired) electrons. The molecule has 1 saturated heterocycles. The lowest BCUT2D eigenvalue weighted by molar-refractivity contribution is 1.07. The number of nitrogens with zero attached hydrogens (tertiary/aromatic N) is 1. The van der Waals surface area contributed by atoms with Gasteiger partial charge in [-0.3, -0.25) is 0 Å². The van der Waals surface area contributed by atoms with Crippen LogP contribution in [0.5, 0.6) is 0 Å². The number of anilines is 1. The van der Waals surface area contributed by atoms with Crippen molar-refractivity contribution in [1.29, 1.82) is 0 Å². The Morgan fingerprint density at radius 3 is 2.42 bits per heavy atom. The third kappa shape index (κ3) is 5.25. The summed E-state index contributed by atoms with van der Waals surface area (Å²) in [5.74, 6) is 0. The van der Waals surface area contributed by atoms with Crippen LogP contribution in [0.3, 0.4) is 0 Å². The van der Waals surface area contributed by atoms with Gasteiger partial charge in [0.05, 0.1) is 15.7 Å². The summed E-state index contributed by atoms with van der Waals surface area (Å²) < 4.78 is 0. The number of hydrogen-bond donors (Lipinski definition) is 1. The average Bonchev–Trinajstić information content (AvgIpc) is 3.10. The predicted octanol–water partition coefficient (Wildman–Crippen LogP) is 6.72. The van der Waals surface area contributed by atoms with E-state index in [0.717, 1.165) is 16.5 Å². The predicted molar refractivity (Wildman–Crippen MR) is 113 cm³/mol. The normalized spacial score (nSPS) is 18.6. The Morgan fingerprint density at radius 2 is 1.83 bits per heavy atom. The molecule has 0 unspecified atom stereocenters. The van der Waals surface area contributed by atoms with Crippen LogP contribution in [0.15, 0.2) is 75.1 Å². The van der Waals surface area contributed by atoms with Gasteiger partial charge in [0.25, 0.3) is 0 Å². The fourth-order valence-electron chi connectivity index (χ4n) is 2.15. The molecule has 2 aliphatic rings. The number of rotatable bonds is 1. The van der Waals surface area contributed by atoms with Crippen LogP contribution in [0.2, 0.25) is 0 Å². The number of hydrogen-bond acceptors (Lipinski definition) is 4. The second-order valence-electron chi connectivity index (χ2n) is 4.85. The van der Waals surface area contributed by atoms with Crippen molar-refractivity contribution in [2.24, 2.45) is 0 Å². The fraction of sp³-hybridized carbons (Fsp3) is 0.300. The summed E-state index contributed by atoms with van der Waals surface area (Å²) in [6.07, 6.45) is 5.35. The van der Waals surface area contributed by atoms with Crippen molar-refractivity contribution in [3.05, 3.63) is 70.2 Å². The van der Waals surface area contributed by atoms with Crippen LogP contribution in [0.4, 0.5) is 5.69 Å². The molecule has 0 bridgehead atoms. The van der Waals surface area contributed by atoms with Gasteiger partial charge in [0.1, 0.15) is 0 Å². The Hall–Kier alpha value is -1.52. The molecular weight excluding hydrogens is 332 g/mol. The molecule has 0 aliphatic carbocycles. The summed E-state index contributed by atoms with van der Waals surface area (Å²) in [4.78, 5) is 4.71. The first-order chi connectivity index (χ1) is 11.6. The monoisotopic (exact) mass is 360 g/mol. The van der Waals surface area contributed by atoms with Crippen LogP contribution in [0, 0.1) is 0 Å². The van der Waals surface area contributed by atoms with Gasteiger partial charge in [0, 0.05) is 22.5 Å². The first-order valence-electron chi connectivity index (χ1n) is 8.27. The van der Waals surface area contributed by atoms with Gasteiger partial charge >= 0.3 is 0 Å². The Bertz CT molecular complexity index is 645. The number of nitrogens with one attached hydrogen (secondary N) is 1. The van der Waals surface area contributed by atoms with Gasteiger partial charge < -0.3 is 10.2 Å². The van der Waals surface area contributed by atoms with Gasteiger partial charge in [-0.2, -0.15) is 0 Å². The van der Waals surface area contributed by atoms with Crippen LogP contribution in [-0.4, -0.2) is 7.05 Å². The number of thioether (sulfide) groups is 2. The van der Waals surface area contributed by atoms with Gasteiger partial charge in [0.15, 0.2) is 0 Å². The lowest BCUT2D eigenvalue weighted by Gasteiger charge is -2.10. The van der Waals surface area contributed by atoms with Crippen molar-refractivity contribution in [1.82, 2.24) is 5.32 Å². The van der Waals surface area contributed by atoms with E-state index >= 15 is 0 Å². The summed E-state index contributed by atoms with van der Waals surface area (Å²) in [6, 6.07) is 8.34. The van der Waals surface area contributed by atoms with E-state index in [0.29, 0.717) is 0 Å². The molecule has 1 aromatic carbocycles. The van der Waals surface area contributed by atoms with E-state index in [1.807, 2.05) is 27.8 Å². The number of benzene rings is 1. The van der Waals surface area contributed by atoms with Crippen molar-refractivity contribution in [2.75, 3.05) is 11.9 Å². The highest BCUT2D eigenvalue weighted by molar-refractivity contribution is 8.07. The van der Waals surface area contributed by atoms with Crippen molar-refractivity contribution in [3.63, 3.8) is 0 Å². The molecule has 2 nitrogen and oxygen atoms in total. The zero-order valence-corrected chi connectivity index (χ0v) is 17.0. The molecule has 24 heavy (non-hydrogen) atoms. The SMILES string of the molecule is C=C1NC(=C/CC)/C(=C\C)S1.C=C1Sc2ccccc2N1C.CC. The Labute approximate surface area is 155 Å². The lowest BCUT2D eigenvalue weighted by atomic mass is 10.3. The zero-order valence-electron chi connectivity index (χ0n) is 15.3. The number of fused-ring (bicyclic) bond motifs is 1. The van der Waals surface area contributed by atoms with Crippen LogP contribution < -0.4 is 10.2 Å². The Morgan fingerprint density at radius 1 is 1.17 bits per heavy atom. The molecule has 0 amide bonds.